The lowest BCUT2D eigenvalue weighted by molar-refractivity contribution is -0.258. The zero-order valence-corrected chi connectivity index (χ0v) is 23.5. The van der Waals surface area contributed by atoms with Gasteiger partial charge in [0.2, 0.25) is 11.8 Å². The summed E-state index contributed by atoms with van der Waals surface area (Å²) in [5, 5.41) is 0. The van der Waals surface area contributed by atoms with Crippen molar-refractivity contribution in [3.05, 3.63) is 63.8 Å². The summed E-state index contributed by atoms with van der Waals surface area (Å²) in [5.74, 6) is -20.6. The van der Waals surface area contributed by atoms with Crippen LogP contribution in [0.3, 0.4) is 0 Å². The molecule has 7 rings (SSSR count). The number of carbonyl (C=O) groups excluding carboxylic acids is 2. The van der Waals surface area contributed by atoms with Crippen LogP contribution in [0.15, 0.2) is 58.2 Å². The first kappa shape index (κ1) is 27.3. The normalized spacial score (nSPS) is 39.1. The summed E-state index contributed by atoms with van der Waals surface area (Å²) in [6.45, 7) is 6.69. The van der Waals surface area contributed by atoms with Crippen molar-refractivity contribution in [3.8, 4) is 0 Å². The molecular weight excluding hydrogens is 568 g/mol. The lowest BCUT2D eigenvalue weighted by atomic mass is 9.55. The van der Waals surface area contributed by atoms with Crippen LogP contribution in [0.2, 0.25) is 0 Å². The quantitative estimate of drug-likeness (QED) is 0.289. The molecule has 6 unspecified atom stereocenters. The molecule has 2 amide bonds. The molecule has 4 aliphatic heterocycles. The lowest BCUT2D eigenvalue weighted by Crippen LogP contribution is -2.56. The first-order chi connectivity index (χ1) is 19.1. The number of carbonyl (C=O) groups is 2. The van der Waals surface area contributed by atoms with Crippen molar-refractivity contribution in [1.82, 2.24) is 4.90 Å². The Morgan fingerprint density at radius 3 is 2.17 bits per heavy atom. The van der Waals surface area contributed by atoms with Crippen LogP contribution in [0, 0.1) is 17.8 Å². The van der Waals surface area contributed by atoms with Gasteiger partial charge in [0.15, 0.2) is 0 Å². The highest BCUT2D eigenvalue weighted by Gasteiger charge is 2.87. The lowest BCUT2D eigenvalue weighted by Gasteiger charge is -2.49. The maximum absolute atomic E-state index is 15.8. The second-order valence-corrected chi connectivity index (χ2v) is 13.4. The van der Waals surface area contributed by atoms with Gasteiger partial charge in [-0.25, -0.2) is 0 Å². The third-order valence-electron chi connectivity index (χ3n) is 10.1. The molecule has 1 saturated carbocycles. The molecule has 1 aromatic rings. The van der Waals surface area contributed by atoms with Crippen LogP contribution >= 0.6 is 11.8 Å². The fraction of sp³-hybridized carbons (Fsp3) is 0.533. The number of fused-ring (bicyclic) bond motifs is 11. The molecule has 11 heteroatoms. The van der Waals surface area contributed by atoms with Crippen molar-refractivity contribution in [2.75, 3.05) is 6.54 Å². The van der Waals surface area contributed by atoms with Crippen molar-refractivity contribution in [3.63, 3.8) is 0 Å². The summed E-state index contributed by atoms with van der Waals surface area (Å²) in [7, 11) is 0. The minimum Gasteiger partial charge on any atom is -0.365 e. The van der Waals surface area contributed by atoms with Gasteiger partial charge in [-0.3, -0.25) is 14.5 Å². The zero-order chi connectivity index (χ0) is 29.7. The fourth-order valence-electron chi connectivity index (χ4n) is 8.65. The first-order valence-corrected chi connectivity index (χ1v) is 14.6. The molecule has 2 aliphatic carbocycles. The van der Waals surface area contributed by atoms with Gasteiger partial charge in [0.05, 0.1) is 28.3 Å². The van der Waals surface area contributed by atoms with Crippen LogP contribution in [0.1, 0.15) is 46.1 Å². The number of allylic oxidation sites excluding steroid dienone is 3. The number of hydrogen-bond donors (Lipinski definition) is 0. The Kier molecular flexibility index (Phi) is 5.26. The minimum atomic E-state index is -5.70. The third-order valence-corrected chi connectivity index (χ3v) is 11.7. The number of hydrogen-bond acceptors (Lipinski definition) is 4. The van der Waals surface area contributed by atoms with Gasteiger partial charge in [0.1, 0.15) is 0 Å². The second-order valence-electron chi connectivity index (χ2n) is 11.9. The Hall–Kier alpha value is -2.53. The summed E-state index contributed by atoms with van der Waals surface area (Å²) < 4.78 is 98.6. The van der Waals surface area contributed by atoms with E-state index in [-0.39, 0.29) is 29.7 Å². The third kappa shape index (κ3) is 2.73. The van der Waals surface area contributed by atoms with Gasteiger partial charge in [0.25, 0.3) is 0 Å². The predicted molar refractivity (Wildman–Crippen MR) is 139 cm³/mol. The Morgan fingerprint density at radius 1 is 0.927 bits per heavy atom. The highest BCUT2D eigenvalue weighted by molar-refractivity contribution is 8.10. The zero-order valence-electron chi connectivity index (χ0n) is 22.7. The molecule has 4 nitrogen and oxygen atoms in total. The Balaban J connectivity index is 1.57. The second kappa shape index (κ2) is 7.89. The van der Waals surface area contributed by atoms with Crippen LogP contribution in [-0.2, 0) is 14.3 Å². The van der Waals surface area contributed by atoms with Gasteiger partial charge >= 0.3 is 17.8 Å². The van der Waals surface area contributed by atoms with E-state index in [4.69, 9.17) is 4.74 Å². The van der Waals surface area contributed by atoms with Gasteiger partial charge in [-0.1, -0.05) is 44.2 Å². The fourth-order valence-corrected chi connectivity index (χ4v) is 10.4. The van der Waals surface area contributed by atoms with Crippen molar-refractivity contribution in [2.45, 2.75) is 74.8 Å². The summed E-state index contributed by atoms with van der Waals surface area (Å²) in [6, 6.07) is 8.73. The number of thioether (sulfide) groups is 1. The van der Waals surface area contributed by atoms with E-state index in [1.165, 1.54) is 6.92 Å². The largest absolute Gasteiger partial charge is 0.380 e. The molecule has 2 bridgehead atoms. The van der Waals surface area contributed by atoms with E-state index < -0.39 is 74.9 Å². The molecule has 0 radical (unpaired) electrons. The highest BCUT2D eigenvalue weighted by Crippen LogP contribution is 2.77. The van der Waals surface area contributed by atoms with Crippen LogP contribution < -0.4 is 0 Å². The molecule has 4 fully saturated rings. The van der Waals surface area contributed by atoms with Gasteiger partial charge in [-0.2, -0.15) is 26.3 Å². The van der Waals surface area contributed by atoms with E-state index in [1.807, 2.05) is 0 Å². The highest BCUT2D eigenvalue weighted by atomic mass is 32.2. The number of ether oxygens (including phenoxy) is 1. The Labute approximate surface area is 236 Å². The van der Waals surface area contributed by atoms with E-state index in [0.717, 1.165) is 16.7 Å². The van der Waals surface area contributed by atoms with E-state index in [1.54, 1.807) is 51.1 Å². The van der Waals surface area contributed by atoms with Gasteiger partial charge < -0.3 is 4.74 Å². The van der Waals surface area contributed by atoms with Crippen LogP contribution in [0.5, 0.6) is 0 Å². The number of nitrogens with zero attached hydrogens (tertiary/aromatic N) is 1. The number of halogens is 6. The average molecular weight is 596 g/mol. The minimum absolute atomic E-state index is 0.0991. The van der Waals surface area contributed by atoms with Crippen LogP contribution in [0.4, 0.5) is 26.3 Å². The monoisotopic (exact) mass is 595 g/mol. The van der Waals surface area contributed by atoms with Gasteiger partial charge in [0, 0.05) is 28.5 Å². The maximum atomic E-state index is 15.8. The van der Waals surface area contributed by atoms with Crippen molar-refractivity contribution < 1.29 is 40.7 Å². The molecule has 0 spiro atoms. The molecule has 6 aliphatic rings. The maximum Gasteiger partial charge on any atom is 0.380 e. The molecular formula is C30H27F6NO3S. The number of imide groups is 1. The van der Waals surface area contributed by atoms with E-state index in [9.17, 15) is 9.59 Å². The predicted octanol–water partition coefficient (Wildman–Crippen LogP) is 6.64. The standard InChI is InChI=1S/C30H27F6NO3S/c1-5-12-37-24(38)16-19(25(37)39)27(6-2)23-15(21(16)40-27)18-20(29(33,34)30(35,36)28(18,31)32)17-13(3)22(41-26(17,23)4)14-10-8-7-9-11-14/h7-11,16,19,21,23H,5-6,12H2,1-4H3. The van der Waals surface area contributed by atoms with Crippen LogP contribution in [0.25, 0.3) is 4.91 Å². The summed E-state index contributed by atoms with van der Waals surface area (Å²) in [6.07, 6.45) is -0.923. The Bertz CT molecular complexity index is 1530. The first-order valence-electron chi connectivity index (χ1n) is 13.8. The number of amides is 2. The summed E-state index contributed by atoms with van der Waals surface area (Å²) in [4.78, 5) is 28.8. The smallest absolute Gasteiger partial charge is 0.365 e. The van der Waals surface area contributed by atoms with E-state index in [0.29, 0.717) is 16.9 Å². The number of likely N-dealkylation sites (tertiary alicyclic amines) is 1. The Morgan fingerprint density at radius 2 is 1.56 bits per heavy atom. The molecule has 218 valence electrons. The molecule has 41 heavy (non-hydrogen) atoms. The molecule has 0 N–H and O–H groups in total. The average Bonchev–Trinajstić information content (AvgIpc) is 3.63. The van der Waals surface area contributed by atoms with E-state index in [2.05, 4.69) is 0 Å². The SMILES string of the molecule is CCCN1C(=O)C2C3OC(CC)(C2C1=O)C1C3=C2C(=C3C(C)=C(c4ccccc4)SC31C)C(F)(F)C(F)(F)C2(F)F. The number of rotatable bonds is 4. The molecule has 3 saturated heterocycles. The summed E-state index contributed by atoms with van der Waals surface area (Å²) in [5.41, 5.74) is -4.06. The number of alkyl halides is 6. The number of benzene rings is 1. The van der Waals surface area contributed by atoms with Crippen molar-refractivity contribution >= 4 is 28.5 Å². The molecule has 0 aromatic heterocycles. The van der Waals surface area contributed by atoms with Gasteiger partial charge in [-0.05, 0) is 49.0 Å². The summed E-state index contributed by atoms with van der Waals surface area (Å²) >= 11 is 1.16. The molecule has 4 heterocycles. The van der Waals surface area contributed by atoms with Crippen molar-refractivity contribution in [2.24, 2.45) is 17.8 Å². The topological polar surface area (TPSA) is 46.6 Å². The van der Waals surface area contributed by atoms with Crippen molar-refractivity contribution in [1.29, 1.82) is 0 Å². The van der Waals surface area contributed by atoms with Crippen LogP contribution in [-0.4, -0.2) is 57.5 Å². The molecule has 1 aromatic carbocycles. The molecule has 6 atom stereocenters. The van der Waals surface area contributed by atoms with Gasteiger partial charge in [-0.15, -0.1) is 11.8 Å². The van der Waals surface area contributed by atoms with E-state index >= 15 is 26.3 Å².